The number of hydrogen-bond donors (Lipinski definition) is 1. The maximum absolute atomic E-state index is 13.5. The van der Waals surface area contributed by atoms with Crippen molar-refractivity contribution < 1.29 is 4.39 Å². The third-order valence-corrected chi connectivity index (χ3v) is 3.85. The van der Waals surface area contributed by atoms with Gasteiger partial charge in [0.05, 0.1) is 0 Å². The van der Waals surface area contributed by atoms with Crippen molar-refractivity contribution in [3.05, 3.63) is 29.6 Å². The topological polar surface area (TPSA) is 32.5 Å². The Morgan fingerprint density at radius 3 is 2.85 bits per heavy atom. The number of anilines is 1. The summed E-state index contributed by atoms with van der Waals surface area (Å²) in [5.74, 6) is -0.173. The number of nitrogens with zero attached hydrogens (tertiary/aromatic N) is 2. The minimum Gasteiger partial charge on any atom is -0.367 e. The highest BCUT2D eigenvalue weighted by Crippen LogP contribution is 2.30. The molecule has 0 amide bonds. The highest BCUT2D eigenvalue weighted by molar-refractivity contribution is 5.56. The Labute approximate surface area is 121 Å². The van der Waals surface area contributed by atoms with E-state index in [1.807, 2.05) is 13.0 Å². The van der Waals surface area contributed by atoms with Crippen LogP contribution < -0.4 is 10.6 Å². The Balaban J connectivity index is 2.26. The van der Waals surface area contributed by atoms with Crippen molar-refractivity contribution in [1.29, 1.82) is 0 Å². The lowest BCUT2D eigenvalue weighted by molar-refractivity contribution is 0.372. The first-order valence-corrected chi connectivity index (χ1v) is 7.42. The van der Waals surface area contributed by atoms with Gasteiger partial charge in [0.1, 0.15) is 5.82 Å². The molecule has 0 radical (unpaired) electrons. The quantitative estimate of drug-likeness (QED) is 0.897. The first-order valence-electron chi connectivity index (χ1n) is 7.42. The van der Waals surface area contributed by atoms with Crippen LogP contribution in [0.3, 0.4) is 0 Å². The molecule has 0 aromatic heterocycles. The maximum Gasteiger partial charge on any atom is 0.123 e. The lowest BCUT2D eigenvalue weighted by Gasteiger charge is -2.31. The molecule has 2 N–H and O–H groups in total. The summed E-state index contributed by atoms with van der Waals surface area (Å²) in [6.45, 7) is 4.06. The summed E-state index contributed by atoms with van der Waals surface area (Å²) in [6.07, 6.45) is 3.12. The average molecular weight is 279 g/mol. The van der Waals surface area contributed by atoms with E-state index in [0.29, 0.717) is 6.04 Å². The summed E-state index contributed by atoms with van der Waals surface area (Å²) in [6, 6.07) is 5.68. The molecule has 0 saturated carbocycles. The zero-order valence-electron chi connectivity index (χ0n) is 12.8. The molecule has 2 unspecified atom stereocenters. The van der Waals surface area contributed by atoms with Crippen LogP contribution in [-0.4, -0.2) is 44.2 Å². The SMILES string of the molecule is CC(N)Cc1cc(F)ccc1N1CCCC1CN(C)C. The summed E-state index contributed by atoms with van der Waals surface area (Å²) in [5.41, 5.74) is 8.10. The summed E-state index contributed by atoms with van der Waals surface area (Å²) in [7, 11) is 4.20. The number of hydrogen-bond acceptors (Lipinski definition) is 3. The average Bonchev–Trinajstić information content (AvgIpc) is 2.75. The first kappa shape index (κ1) is 15.3. The van der Waals surface area contributed by atoms with E-state index in [9.17, 15) is 4.39 Å². The smallest absolute Gasteiger partial charge is 0.123 e. The first-order chi connectivity index (χ1) is 9.47. The van der Waals surface area contributed by atoms with Gasteiger partial charge in [-0.15, -0.1) is 0 Å². The van der Waals surface area contributed by atoms with E-state index in [1.165, 1.54) is 12.8 Å². The van der Waals surface area contributed by atoms with Crippen LogP contribution in [0.1, 0.15) is 25.3 Å². The normalized spacial score (nSPS) is 20.7. The standard InChI is InChI=1S/C16H26FN3/c1-12(18)9-13-10-14(17)6-7-16(13)20-8-4-5-15(20)11-19(2)3/h6-7,10,12,15H,4-5,8-9,11,18H2,1-3H3. The van der Waals surface area contributed by atoms with E-state index in [1.54, 1.807) is 12.1 Å². The summed E-state index contributed by atoms with van der Waals surface area (Å²) >= 11 is 0. The molecule has 1 saturated heterocycles. The summed E-state index contributed by atoms with van der Waals surface area (Å²) < 4.78 is 13.5. The number of halogens is 1. The van der Waals surface area contributed by atoms with Crippen LogP contribution in [-0.2, 0) is 6.42 Å². The molecule has 2 rings (SSSR count). The van der Waals surface area contributed by atoms with E-state index < -0.39 is 0 Å². The van der Waals surface area contributed by atoms with Gasteiger partial charge >= 0.3 is 0 Å². The molecule has 20 heavy (non-hydrogen) atoms. The molecule has 1 fully saturated rings. The van der Waals surface area contributed by atoms with Gasteiger partial charge in [-0.1, -0.05) is 0 Å². The fraction of sp³-hybridized carbons (Fsp3) is 0.625. The van der Waals surface area contributed by atoms with Gasteiger partial charge in [-0.3, -0.25) is 0 Å². The molecule has 1 aromatic carbocycles. The Kier molecular flexibility index (Phi) is 5.00. The highest BCUT2D eigenvalue weighted by Gasteiger charge is 2.26. The van der Waals surface area contributed by atoms with Crippen molar-refractivity contribution in [3.8, 4) is 0 Å². The number of nitrogens with two attached hydrogens (primary N) is 1. The molecule has 4 heteroatoms. The Bertz CT molecular complexity index is 445. The molecule has 1 aliphatic rings. The van der Waals surface area contributed by atoms with Gasteiger partial charge in [-0.25, -0.2) is 4.39 Å². The van der Waals surface area contributed by atoms with Crippen molar-refractivity contribution in [1.82, 2.24) is 4.90 Å². The number of benzene rings is 1. The zero-order valence-corrected chi connectivity index (χ0v) is 12.8. The number of likely N-dealkylation sites (N-methyl/N-ethyl adjacent to an activating group) is 1. The minimum atomic E-state index is -0.173. The van der Waals surface area contributed by atoms with Crippen molar-refractivity contribution >= 4 is 5.69 Å². The van der Waals surface area contributed by atoms with Crippen LogP contribution >= 0.6 is 0 Å². The minimum absolute atomic E-state index is 0.0467. The molecule has 0 spiro atoms. The van der Waals surface area contributed by atoms with Crippen LogP contribution in [0.15, 0.2) is 18.2 Å². The lowest BCUT2D eigenvalue weighted by atomic mass is 10.0. The Hall–Kier alpha value is -1.13. The lowest BCUT2D eigenvalue weighted by Crippen LogP contribution is -2.38. The van der Waals surface area contributed by atoms with Crippen LogP contribution in [0.25, 0.3) is 0 Å². The zero-order chi connectivity index (χ0) is 14.7. The molecular formula is C16H26FN3. The second kappa shape index (κ2) is 6.55. The summed E-state index contributed by atoms with van der Waals surface area (Å²) in [4.78, 5) is 4.65. The fourth-order valence-electron chi connectivity index (χ4n) is 3.11. The van der Waals surface area contributed by atoms with Crippen LogP contribution in [0, 0.1) is 5.82 Å². The van der Waals surface area contributed by atoms with Gasteiger partial charge in [0.25, 0.3) is 0 Å². The van der Waals surface area contributed by atoms with Gasteiger partial charge in [-0.2, -0.15) is 0 Å². The van der Waals surface area contributed by atoms with Crippen LogP contribution in [0.4, 0.5) is 10.1 Å². The van der Waals surface area contributed by atoms with E-state index in [0.717, 1.165) is 30.8 Å². The predicted octanol–water partition coefficient (Wildman–Crippen LogP) is 2.25. The van der Waals surface area contributed by atoms with Crippen molar-refractivity contribution in [2.24, 2.45) is 5.73 Å². The monoisotopic (exact) mass is 279 g/mol. The van der Waals surface area contributed by atoms with Crippen molar-refractivity contribution in [2.45, 2.75) is 38.3 Å². The third-order valence-electron chi connectivity index (χ3n) is 3.85. The molecule has 3 nitrogen and oxygen atoms in total. The van der Waals surface area contributed by atoms with Crippen LogP contribution in [0.5, 0.6) is 0 Å². The van der Waals surface area contributed by atoms with E-state index in [2.05, 4.69) is 23.9 Å². The van der Waals surface area contributed by atoms with Gasteiger partial charge in [0, 0.05) is 30.9 Å². The van der Waals surface area contributed by atoms with E-state index in [-0.39, 0.29) is 11.9 Å². The molecule has 0 aliphatic carbocycles. The van der Waals surface area contributed by atoms with E-state index >= 15 is 0 Å². The molecule has 1 aliphatic heterocycles. The molecule has 1 aromatic rings. The second-order valence-corrected chi connectivity index (χ2v) is 6.21. The highest BCUT2D eigenvalue weighted by atomic mass is 19.1. The maximum atomic E-state index is 13.5. The second-order valence-electron chi connectivity index (χ2n) is 6.21. The van der Waals surface area contributed by atoms with Gasteiger partial charge in [0.2, 0.25) is 0 Å². The Morgan fingerprint density at radius 2 is 2.20 bits per heavy atom. The van der Waals surface area contributed by atoms with E-state index in [4.69, 9.17) is 5.73 Å². The van der Waals surface area contributed by atoms with Crippen molar-refractivity contribution in [3.63, 3.8) is 0 Å². The van der Waals surface area contributed by atoms with Gasteiger partial charge in [-0.05, 0) is 64.0 Å². The third kappa shape index (κ3) is 3.70. The molecule has 0 bridgehead atoms. The van der Waals surface area contributed by atoms with Gasteiger partial charge < -0.3 is 15.5 Å². The number of rotatable bonds is 5. The largest absolute Gasteiger partial charge is 0.367 e. The fourth-order valence-corrected chi connectivity index (χ4v) is 3.11. The Morgan fingerprint density at radius 1 is 1.45 bits per heavy atom. The molecule has 112 valence electrons. The molecule has 2 atom stereocenters. The van der Waals surface area contributed by atoms with Crippen LogP contribution in [0.2, 0.25) is 0 Å². The molecule has 1 heterocycles. The predicted molar refractivity (Wildman–Crippen MR) is 82.7 cm³/mol. The van der Waals surface area contributed by atoms with Crippen molar-refractivity contribution in [2.75, 3.05) is 32.1 Å². The van der Waals surface area contributed by atoms with Gasteiger partial charge in [0.15, 0.2) is 0 Å². The molecular weight excluding hydrogens is 253 g/mol. The summed E-state index contributed by atoms with van der Waals surface area (Å²) in [5, 5.41) is 0.